The van der Waals surface area contributed by atoms with Crippen LogP contribution < -0.4 is 5.32 Å². The van der Waals surface area contributed by atoms with E-state index in [0.717, 1.165) is 0 Å². The molecule has 0 saturated carbocycles. The Kier molecular flexibility index (Phi) is 5.16. The molecule has 56 valence electrons. The average molecular weight is 142 g/mol. The summed E-state index contributed by atoms with van der Waals surface area (Å²) in [6.07, 6.45) is 0.239. The van der Waals surface area contributed by atoms with Crippen LogP contribution in [0.4, 0.5) is 4.79 Å². The second-order valence-electron chi connectivity index (χ2n) is 1.65. The molecule has 4 nitrogen and oxygen atoms in total. The number of alkyl carbamates (subject to hydrolysis) is 1. The van der Waals surface area contributed by atoms with Crippen LogP contribution in [0.15, 0.2) is 0 Å². The van der Waals surface area contributed by atoms with E-state index in [1.807, 2.05) is 0 Å². The Balaban J connectivity index is 3.05. The molecule has 0 aliphatic rings. The molecule has 0 aliphatic carbocycles. The number of rotatable bonds is 3. The van der Waals surface area contributed by atoms with Gasteiger partial charge in [0.2, 0.25) is 6.54 Å². The first-order valence-electron chi connectivity index (χ1n) is 2.96. The number of carbonyl (C=O) groups is 1. The molecule has 0 heterocycles. The lowest BCUT2D eigenvalue weighted by Crippen LogP contribution is -2.24. The van der Waals surface area contributed by atoms with Crippen molar-refractivity contribution >= 4 is 6.09 Å². The predicted octanol–water partition coefficient (Wildman–Crippen LogP) is 0.652. The van der Waals surface area contributed by atoms with Gasteiger partial charge in [-0.2, -0.15) is 0 Å². The maximum absolute atomic E-state index is 10.4. The average Bonchev–Trinajstić information content (AvgIpc) is 1.98. The zero-order valence-electron chi connectivity index (χ0n) is 5.89. The number of nitrogens with one attached hydrogen (secondary N) is 1. The molecule has 4 heteroatoms. The molecular weight excluding hydrogens is 132 g/mol. The molecule has 1 amide bonds. The van der Waals surface area contributed by atoms with Crippen molar-refractivity contribution in [2.24, 2.45) is 0 Å². The molecule has 0 aliphatic heterocycles. The Morgan fingerprint density at radius 1 is 1.80 bits per heavy atom. The second-order valence-corrected chi connectivity index (χ2v) is 1.65. The summed E-state index contributed by atoms with van der Waals surface area (Å²) in [5.74, 6) is 0. The molecule has 0 radical (unpaired) electrons. The minimum absolute atomic E-state index is 0.440. The maximum Gasteiger partial charge on any atom is 0.406 e. The van der Waals surface area contributed by atoms with E-state index in [0.29, 0.717) is 19.5 Å². The van der Waals surface area contributed by atoms with Crippen LogP contribution in [0.3, 0.4) is 0 Å². The summed E-state index contributed by atoms with van der Waals surface area (Å²) in [4.78, 5) is 13.5. The summed E-state index contributed by atoms with van der Waals surface area (Å²) in [7, 11) is 1.31. The van der Waals surface area contributed by atoms with Crippen LogP contribution in [0, 0.1) is 6.57 Å². The fraction of sp³-hybridized carbons (Fsp3) is 0.667. The van der Waals surface area contributed by atoms with Gasteiger partial charge in [0.25, 0.3) is 0 Å². The van der Waals surface area contributed by atoms with Crippen molar-refractivity contribution < 1.29 is 9.53 Å². The fourth-order valence-electron chi connectivity index (χ4n) is 0.421. The van der Waals surface area contributed by atoms with Crippen molar-refractivity contribution in [2.45, 2.75) is 6.42 Å². The van der Waals surface area contributed by atoms with Crippen LogP contribution in [-0.4, -0.2) is 26.3 Å². The van der Waals surface area contributed by atoms with Crippen molar-refractivity contribution in [3.63, 3.8) is 0 Å². The number of nitrogens with zero attached hydrogens (tertiary/aromatic N) is 1. The summed E-state index contributed by atoms with van der Waals surface area (Å²) < 4.78 is 4.30. The van der Waals surface area contributed by atoms with Gasteiger partial charge in [0, 0.05) is 13.0 Å². The fourth-order valence-corrected chi connectivity index (χ4v) is 0.421. The van der Waals surface area contributed by atoms with E-state index in [-0.39, 0.29) is 0 Å². The largest absolute Gasteiger partial charge is 0.453 e. The van der Waals surface area contributed by atoms with E-state index in [1.54, 1.807) is 0 Å². The highest BCUT2D eigenvalue weighted by molar-refractivity contribution is 5.66. The van der Waals surface area contributed by atoms with Crippen LogP contribution >= 0.6 is 0 Å². The van der Waals surface area contributed by atoms with Crippen LogP contribution in [0.25, 0.3) is 4.85 Å². The zero-order chi connectivity index (χ0) is 7.82. The molecular formula is C6H10N2O2. The van der Waals surface area contributed by atoms with E-state index in [9.17, 15) is 4.79 Å². The Morgan fingerprint density at radius 3 is 3.00 bits per heavy atom. The molecule has 0 spiro atoms. The first-order chi connectivity index (χ1) is 4.81. The maximum atomic E-state index is 10.4. The Bertz CT molecular complexity index is 139. The highest BCUT2D eigenvalue weighted by atomic mass is 16.5. The summed E-state index contributed by atoms with van der Waals surface area (Å²) in [5.41, 5.74) is 0. The third-order valence-corrected chi connectivity index (χ3v) is 0.901. The van der Waals surface area contributed by atoms with Crippen molar-refractivity contribution in [2.75, 3.05) is 20.2 Å². The van der Waals surface area contributed by atoms with Crippen molar-refractivity contribution in [3.8, 4) is 0 Å². The Morgan fingerprint density at radius 2 is 2.50 bits per heavy atom. The first kappa shape index (κ1) is 8.76. The number of amides is 1. The van der Waals surface area contributed by atoms with Gasteiger partial charge in [-0.3, -0.25) is 0 Å². The topological polar surface area (TPSA) is 42.7 Å². The zero-order valence-corrected chi connectivity index (χ0v) is 5.89. The SMILES string of the molecule is [C-]#[N+]CCCNC(=O)OC. The number of hydrogen-bond acceptors (Lipinski definition) is 2. The molecule has 0 unspecified atom stereocenters. The Labute approximate surface area is 60.0 Å². The van der Waals surface area contributed by atoms with E-state index < -0.39 is 6.09 Å². The number of methoxy groups -OCH3 is 1. The third kappa shape index (κ3) is 4.91. The quantitative estimate of drug-likeness (QED) is 0.464. The molecule has 0 fully saturated rings. The van der Waals surface area contributed by atoms with Crippen LogP contribution in [0.1, 0.15) is 6.42 Å². The van der Waals surface area contributed by atoms with Gasteiger partial charge < -0.3 is 14.9 Å². The second kappa shape index (κ2) is 5.89. The van der Waals surface area contributed by atoms with Crippen molar-refractivity contribution in [1.29, 1.82) is 0 Å². The molecule has 0 rings (SSSR count). The van der Waals surface area contributed by atoms with E-state index >= 15 is 0 Å². The smallest absolute Gasteiger partial charge is 0.406 e. The van der Waals surface area contributed by atoms with Gasteiger partial charge >= 0.3 is 6.09 Å². The van der Waals surface area contributed by atoms with E-state index in [1.165, 1.54) is 7.11 Å². The monoisotopic (exact) mass is 142 g/mol. The van der Waals surface area contributed by atoms with Gasteiger partial charge in [-0.15, -0.1) is 0 Å². The highest BCUT2D eigenvalue weighted by Gasteiger charge is 1.95. The van der Waals surface area contributed by atoms with Crippen LogP contribution in [0.2, 0.25) is 0 Å². The van der Waals surface area contributed by atoms with Gasteiger partial charge in [0.1, 0.15) is 0 Å². The van der Waals surface area contributed by atoms with Gasteiger partial charge in [-0.05, 0) is 0 Å². The molecule has 0 atom stereocenters. The lowest BCUT2D eigenvalue weighted by molar-refractivity contribution is 0.171. The third-order valence-electron chi connectivity index (χ3n) is 0.901. The predicted molar refractivity (Wildman–Crippen MR) is 36.5 cm³/mol. The summed E-state index contributed by atoms with van der Waals surface area (Å²) in [6, 6.07) is 0. The van der Waals surface area contributed by atoms with Crippen LogP contribution in [-0.2, 0) is 4.74 Å². The molecule has 0 aromatic rings. The van der Waals surface area contributed by atoms with E-state index in [4.69, 9.17) is 6.57 Å². The lowest BCUT2D eigenvalue weighted by atomic mass is 10.4. The van der Waals surface area contributed by atoms with E-state index in [2.05, 4.69) is 14.9 Å². The summed E-state index contributed by atoms with van der Waals surface area (Å²) in [6.45, 7) is 7.37. The molecule has 0 aromatic heterocycles. The normalized spacial score (nSPS) is 8.00. The summed E-state index contributed by atoms with van der Waals surface area (Å²) >= 11 is 0. The van der Waals surface area contributed by atoms with Crippen molar-refractivity contribution in [1.82, 2.24) is 5.32 Å². The van der Waals surface area contributed by atoms with Gasteiger partial charge in [0.05, 0.1) is 7.11 Å². The molecule has 0 saturated heterocycles. The highest BCUT2D eigenvalue weighted by Crippen LogP contribution is 1.78. The minimum atomic E-state index is -0.440. The van der Waals surface area contributed by atoms with Crippen LogP contribution in [0.5, 0.6) is 0 Å². The minimum Gasteiger partial charge on any atom is -0.453 e. The first-order valence-corrected chi connectivity index (χ1v) is 2.96. The summed E-state index contributed by atoms with van der Waals surface area (Å²) in [5, 5.41) is 2.46. The number of carbonyl (C=O) groups excluding carboxylic acids is 1. The number of hydrogen-bond donors (Lipinski definition) is 1. The lowest BCUT2D eigenvalue weighted by Gasteiger charge is -1.98. The Hall–Kier alpha value is -1.24. The molecule has 0 aromatic carbocycles. The van der Waals surface area contributed by atoms with Crippen molar-refractivity contribution in [3.05, 3.63) is 11.4 Å². The van der Waals surface area contributed by atoms with Gasteiger partial charge in [-0.25, -0.2) is 11.4 Å². The molecule has 0 bridgehead atoms. The number of ether oxygens (including phenoxy) is 1. The van der Waals surface area contributed by atoms with Gasteiger partial charge in [0.15, 0.2) is 0 Å². The standard InChI is InChI=1S/C6H10N2O2/c1-7-4-3-5-8-6(9)10-2/h3-5H2,2H3,(H,8,9). The van der Waals surface area contributed by atoms with Gasteiger partial charge in [-0.1, -0.05) is 0 Å². The molecule has 1 N–H and O–H groups in total. The molecule has 10 heavy (non-hydrogen) atoms.